The summed E-state index contributed by atoms with van der Waals surface area (Å²) in [4.78, 5) is 13.3. The number of ether oxygens (including phenoxy) is 2. The van der Waals surface area contributed by atoms with Gasteiger partial charge in [0.2, 0.25) is 0 Å². The largest absolute Gasteiger partial charge is 0.416 e. The highest BCUT2D eigenvalue weighted by Gasteiger charge is 2.38. The van der Waals surface area contributed by atoms with Gasteiger partial charge in [-0.15, -0.1) is 0 Å². The van der Waals surface area contributed by atoms with E-state index in [-0.39, 0.29) is 17.9 Å². The summed E-state index contributed by atoms with van der Waals surface area (Å²) in [5.74, 6) is -0.645. The van der Waals surface area contributed by atoms with Crippen LogP contribution in [0.5, 0.6) is 0 Å². The summed E-state index contributed by atoms with van der Waals surface area (Å²) in [6.45, 7) is 1.63. The number of alkyl halides is 3. The van der Waals surface area contributed by atoms with E-state index >= 15 is 0 Å². The summed E-state index contributed by atoms with van der Waals surface area (Å²) in [6, 6.07) is 21.5. The number of carbonyl (C=O) groups is 1. The van der Waals surface area contributed by atoms with Crippen LogP contribution in [0.15, 0.2) is 78.9 Å². The van der Waals surface area contributed by atoms with Crippen molar-refractivity contribution < 1.29 is 27.4 Å². The van der Waals surface area contributed by atoms with Gasteiger partial charge < -0.3 is 20.1 Å². The number of hydrogen-bond acceptors (Lipinski definition) is 4. The van der Waals surface area contributed by atoms with Gasteiger partial charge in [0, 0.05) is 30.0 Å². The van der Waals surface area contributed by atoms with Gasteiger partial charge in [-0.05, 0) is 53.9 Å². The number of nitrogens with one attached hydrogen (secondary N) is 2. The molecular formula is C29H29F3N2O3. The summed E-state index contributed by atoms with van der Waals surface area (Å²) in [7, 11) is 0. The molecule has 5 rings (SSSR count). The minimum absolute atomic E-state index is 0.232. The highest BCUT2D eigenvalue weighted by molar-refractivity contribution is 5.94. The van der Waals surface area contributed by atoms with Gasteiger partial charge in [-0.3, -0.25) is 4.79 Å². The number of hydrogen-bond donors (Lipinski definition) is 2. The molecule has 0 spiro atoms. The summed E-state index contributed by atoms with van der Waals surface area (Å²) < 4.78 is 51.5. The lowest BCUT2D eigenvalue weighted by Gasteiger charge is -2.39. The zero-order chi connectivity index (χ0) is 25.8. The van der Waals surface area contributed by atoms with E-state index in [0.717, 1.165) is 24.1 Å². The molecule has 37 heavy (non-hydrogen) atoms. The maximum atomic E-state index is 13.4. The summed E-state index contributed by atoms with van der Waals surface area (Å²) in [5, 5.41) is 6.75. The molecule has 3 aromatic rings. The van der Waals surface area contributed by atoms with E-state index in [1.54, 1.807) is 24.3 Å². The molecule has 1 amide bonds. The van der Waals surface area contributed by atoms with Crippen LogP contribution >= 0.6 is 0 Å². The van der Waals surface area contributed by atoms with Crippen LogP contribution in [-0.4, -0.2) is 38.0 Å². The van der Waals surface area contributed by atoms with Gasteiger partial charge in [0.25, 0.3) is 5.91 Å². The minimum Gasteiger partial charge on any atom is -0.350 e. The molecule has 3 atom stereocenters. The summed E-state index contributed by atoms with van der Waals surface area (Å²) in [5.41, 5.74) is 2.75. The van der Waals surface area contributed by atoms with Crippen molar-refractivity contribution in [2.75, 3.05) is 19.8 Å². The third-order valence-corrected chi connectivity index (χ3v) is 7.05. The molecule has 1 unspecified atom stereocenters. The number of rotatable bonds is 7. The Morgan fingerprint density at radius 2 is 1.62 bits per heavy atom. The normalized spacial score (nSPS) is 19.7. The van der Waals surface area contributed by atoms with E-state index in [1.807, 2.05) is 24.3 Å². The van der Waals surface area contributed by atoms with Crippen LogP contribution in [0.25, 0.3) is 0 Å². The van der Waals surface area contributed by atoms with Crippen molar-refractivity contribution in [1.82, 2.24) is 10.6 Å². The van der Waals surface area contributed by atoms with Crippen molar-refractivity contribution >= 4 is 5.91 Å². The molecule has 2 N–H and O–H groups in total. The van der Waals surface area contributed by atoms with Crippen molar-refractivity contribution in [3.05, 3.63) is 107 Å². The molecule has 0 bridgehead atoms. The van der Waals surface area contributed by atoms with Gasteiger partial charge in [-0.25, -0.2) is 0 Å². The second-order valence-corrected chi connectivity index (χ2v) is 9.38. The molecule has 194 valence electrons. The van der Waals surface area contributed by atoms with E-state index < -0.39 is 24.1 Å². The molecular weight excluding hydrogens is 481 g/mol. The Balaban J connectivity index is 1.56. The lowest BCUT2D eigenvalue weighted by Crippen LogP contribution is -2.47. The van der Waals surface area contributed by atoms with Crippen LogP contribution in [0.3, 0.4) is 0 Å². The molecule has 8 heteroatoms. The molecule has 2 aliphatic rings. The predicted molar refractivity (Wildman–Crippen MR) is 133 cm³/mol. The molecule has 5 nitrogen and oxygen atoms in total. The Kier molecular flexibility index (Phi) is 7.60. The van der Waals surface area contributed by atoms with E-state index in [1.165, 1.54) is 17.7 Å². The monoisotopic (exact) mass is 510 g/mol. The maximum Gasteiger partial charge on any atom is 0.416 e. The zero-order valence-electron chi connectivity index (χ0n) is 20.2. The van der Waals surface area contributed by atoms with Gasteiger partial charge in [0.1, 0.15) is 0 Å². The van der Waals surface area contributed by atoms with Crippen LogP contribution < -0.4 is 10.6 Å². The molecule has 0 aromatic heterocycles. The lowest BCUT2D eigenvalue weighted by molar-refractivity contribution is -0.137. The number of amides is 1. The van der Waals surface area contributed by atoms with Gasteiger partial charge in [0.15, 0.2) is 6.29 Å². The SMILES string of the molecule is O=C(N[C@@H](CC1OCCO1)[C@H](c1ccc(C(F)(F)F)cc1)C1NCCc2ccccc21)c1ccccc1. The second-order valence-electron chi connectivity index (χ2n) is 9.38. The number of halogens is 3. The van der Waals surface area contributed by atoms with Crippen molar-refractivity contribution in [3.8, 4) is 0 Å². The predicted octanol–water partition coefficient (Wildman–Crippen LogP) is 5.24. The Labute approximate surface area is 214 Å². The second kappa shape index (κ2) is 11.0. The summed E-state index contributed by atoms with van der Waals surface area (Å²) >= 11 is 0. The highest BCUT2D eigenvalue weighted by Crippen LogP contribution is 2.40. The number of carbonyl (C=O) groups excluding carboxylic acids is 1. The van der Waals surface area contributed by atoms with Crippen molar-refractivity contribution in [2.45, 2.75) is 43.3 Å². The fourth-order valence-electron chi connectivity index (χ4n) is 5.30. The van der Waals surface area contributed by atoms with Crippen LogP contribution in [0.1, 0.15) is 51.0 Å². The standard InChI is InChI=1S/C29H29F3N2O3/c30-29(31,32)22-12-10-20(11-13-22)26(27-23-9-5-4-6-19(23)14-15-33-27)24(18-25-36-16-17-37-25)34-28(35)21-7-2-1-3-8-21/h1-13,24-27,33H,14-18H2,(H,34,35)/t24-,26-,27?/m0/s1. The van der Waals surface area contributed by atoms with Crippen LogP contribution in [0.2, 0.25) is 0 Å². The molecule has 0 radical (unpaired) electrons. The highest BCUT2D eigenvalue weighted by atomic mass is 19.4. The van der Waals surface area contributed by atoms with Crippen LogP contribution in [-0.2, 0) is 22.1 Å². The summed E-state index contributed by atoms with van der Waals surface area (Å²) in [6.07, 6.45) is -3.75. The zero-order valence-corrected chi connectivity index (χ0v) is 20.2. The van der Waals surface area contributed by atoms with E-state index in [2.05, 4.69) is 16.7 Å². The number of fused-ring (bicyclic) bond motifs is 1. The van der Waals surface area contributed by atoms with Gasteiger partial charge in [-0.1, -0.05) is 54.6 Å². The quantitative estimate of drug-likeness (QED) is 0.457. The van der Waals surface area contributed by atoms with Gasteiger partial charge in [-0.2, -0.15) is 13.2 Å². The molecule has 0 saturated carbocycles. The topological polar surface area (TPSA) is 59.6 Å². The van der Waals surface area contributed by atoms with Crippen molar-refractivity contribution in [1.29, 1.82) is 0 Å². The van der Waals surface area contributed by atoms with E-state index in [9.17, 15) is 18.0 Å². The minimum atomic E-state index is -4.43. The molecule has 1 saturated heterocycles. The smallest absolute Gasteiger partial charge is 0.350 e. The third kappa shape index (κ3) is 5.87. The van der Waals surface area contributed by atoms with Crippen LogP contribution in [0.4, 0.5) is 13.2 Å². The van der Waals surface area contributed by atoms with Crippen LogP contribution in [0, 0.1) is 0 Å². The Hall–Kier alpha value is -3.20. The number of benzene rings is 3. The average molecular weight is 511 g/mol. The Bertz CT molecular complexity index is 1200. The molecule has 3 aromatic carbocycles. The van der Waals surface area contributed by atoms with E-state index in [4.69, 9.17) is 9.47 Å². The fourth-order valence-corrected chi connectivity index (χ4v) is 5.30. The first-order chi connectivity index (χ1) is 17.9. The Morgan fingerprint density at radius 3 is 2.32 bits per heavy atom. The molecule has 1 fully saturated rings. The maximum absolute atomic E-state index is 13.4. The van der Waals surface area contributed by atoms with Crippen molar-refractivity contribution in [2.24, 2.45) is 0 Å². The first-order valence-corrected chi connectivity index (χ1v) is 12.5. The van der Waals surface area contributed by atoms with Gasteiger partial charge >= 0.3 is 6.18 Å². The molecule has 2 aliphatic heterocycles. The average Bonchev–Trinajstić information content (AvgIpc) is 3.42. The first-order valence-electron chi connectivity index (χ1n) is 12.5. The fraction of sp³-hybridized carbons (Fsp3) is 0.345. The first kappa shape index (κ1) is 25.4. The Morgan fingerprint density at radius 1 is 0.946 bits per heavy atom. The third-order valence-electron chi connectivity index (χ3n) is 7.05. The van der Waals surface area contributed by atoms with E-state index in [0.29, 0.717) is 37.3 Å². The molecule has 0 aliphatic carbocycles. The lowest BCUT2D eigenvalue weighted by atomic mass is 9.77. The van der Waals surface area contributed by atoms with Crippen molar-refractivity contribution in [3.63, 3.8) is 0 Å². The van der Waals surface area contributed by atoms with Gasteiger partial charge in [0.05, 0.1) is 18.8 Å². The molecule has 2 heterocycles.